The number of aryl methyl sites for hydroxylation is 1. The van der Waals surface area contributed by atoms with Crippen molar-refractivity contribution in [3.8, 4) is 0 Å². The van der Waals surface area contributed by atoms with E-state index in [1.165, 1.54) is 5.69 Å². The first-order chi connectivity index (χ1) is 8.72. The molecule has 0 amide bonds. The van der Waals surface area contributed by atoms with Crippen molar-refractivity contribution >= 4 is 0 Å². The molecule has 2 rings (SSSR count). The number of aliphatic hydroxyl groups is 1. The van der Waals surface area contributed by atoms with E-state index in [9.17, 15) is 5.11 Å². The van der Waals surface area contributed by atoms with Gasteiger partial charge in [-0.05, 0) is 13.3 Å². The molecule has 1 aliphatic heterocycles. The molecule has 5 nitrogen and oxygen atoms in total. The van der Waals surface area contributed by atoms with Crippen LogP contribution in [-0.2, 0) is 17.8 Å². The fraction of sp³-hybridized carbons (Fsp3) is 0.769. The van der Waals surface area contributed by atoms with Gasteiger partial charge in [0.15, 0.2) is 0 Å². The van der Waals surface area contributed by atoms with Gasteiger partial charge in [0.25, 0.3) is 0 Å². The number of hydrogen-bond donors (Lipinski definition) is 1. The van der Waals surface area contributed by atoms with Crippen molar-refractivity contribution in [1.82, 2.24) is 14.5 Å². The van der Waals surface area contributed by atoms with Crippen molar-refractivity contribution in [2.45, 2.75) is 45.6 Å². The van der Waals surface area contributed by atoms with Crippen LogP contribution in [0.2, 0.25) is 0 Å². The van der Waals surface area contributed by atoms with E-state index in [1.807, 2.05) is 12.5 Å². The van der Waals surface area contributed by atoms with Crippen LogP contribution >= 0.6 is 0 Å². The lowest BCUT2D eigenvalue weighted by molar-refractivity contribution is -0.0976. The Morgan fingerprint density at radius 2 is 2.33 bits per heavy atom. The topological polar surface area (TPSA) is 50.5 Å². The molecule has 2 heterocycles. The summed E-state index contributed by atoms with van der Waals surface area (Å²) in [5.41, 5.74) is 1.24. The average molecular weight is 253 g/mol. The number of morpholine rings is 1. The van der Waals surface area contributed by atoms with Gasteiger partial charge in [0, 0.05) is 32.4 Å². The molecule has 0 aliphatic carbocycles. The number of imidazole rings is 1. The molecule has 0 radical (unpaired) electrons. The zero-order valence-electron chi connectivity index (χ0n) is 11.2. The van der Waals surface area contributed by atoms with Crippen molar-refractivity contribution < 1.29 is 9.84 Å². The highest BCUT2D eigenvalue weighted by Gasteiger charge is 2.25. The Balaban J connectivity index is 1.97. The van der Waals surface area contributed by atoms with Gasteiger partial charge in [-0.25, -0.2) is 4.98 Å². The summed E-state index contributed by atoms with van der Waals surface area (Å²) < 4.78 is 7.85. The van der Waals surface area contributed by atoms with Crippen LogP contribution in [0.25, 0.3) is 0 Å². The molecule has 0 aromatic carbocycles. The molecular weight excluding hydrogens is 230 g/mol. The van der Waals surface area contributed by atoms with E-state index < -0.39 is 0 Å². The Hall–Kier alpha value is -0.910. The third-order valence-corrected chi connectivity index (χ3v) is 3.25. The summed E-state index contributed by atoms with van der Waals surface area (Å²) in [5, 5.41) is 9.22. The third kappa shape index (κ3) is 3.31. The summed E-state index contributed by atoms with van der Waals surface area (Å²) in [6.45, 7) is 7.91. The zero-order valence-corrected chi connectivity index (χ0v) is 11.2. The average Bonchev–Trinajstić information content (AvgIpc) is 2.76. The second-order valence-corrected chi connectivity index (χ2v) is 5.02. The number of aromatic nitrogens is 2. The normalized spacial score (nSPS) is 25.5. The van der Waals surface area contributed by atoms with Gasteiger partial charge < -0.3 is 14.4 Å². The van der Waals surface area contributed by atoms with Crippen molar-refractivity contribution in [3.63, 3.8) is 0 Å². The molecule has 0 saturated carbocycles. The van der Waals surface area contributed by atoms with Gasteiger partial charge in [-0.3, -0.25) is 4.90 Å². The lowest BCUT2D eigenvalue weighted by Gasteiger charge is -2.36. The van der Waals surface area contributed by atoms with Gasteiger partial charge in [0.1, 0.15) is 0 Å². The molecule has 18 heavy (non-hydrogen) atoms. The van der Waals surface area contributed by atoms with E-state index in [4.69, 9.17) is 4.74 Å². The van der Waals surface area contributed by atoms with Gasteiger partial charge >= 0.3 is 0 Å². The van der Waals surface area contributed by atoms with Crippen molar-refractivity contribution in [1.29, 1.82) is 0 Å². The number of hydrogen-bond acceptors (Lipinski definition) is 4. The van der Waals surface area contributed by atoms with Gasteiger partial charge in [0.2, 0.25) is 0 Å². The maximum atomic E-state index is 9.22. The van der Waals surface area contributed by atoms with Crippen LogP contribution in [0.3, 0.4) is 0 Å². The molecule has 1 N–H and O–H groups in total. The summed E-state index contributed by atoms with van der Waals surface area (Å²) >= 11 is 0. The largest absolute Gasteiger partial charge is 0.394 e. The molecule has 1 fully saturated rings. The molecule has 102 valence electrons. The van der Waals surface area contributed by atoms with Crippen LogP contribution in [0.15, 0.2) is 12.5 Å². The summed E-state index contributed by atoms with van der Waals surface area (Å²) in [7, 11) is 0. The monoisotopic (exact) mass is 253 g/mol. The first-order valence-corrected chi connectivity index (χ1v) is 6.70. The molecule has 5 heteroatoms. The fourth-order valence-electron chi connectivity index (χ4n) is 2.52. The molecular formula is C13H23N3O2. The van der Waals surface area contributed by atoms with E-state index in [0.717, 1.165) is 32.6 Å². The SMILES string of the molecule is CCCn1cncc1CN1CC(C)OC(CO)C1. The maximum absolute atomic E-state index is 9.22. The Labute approximate surface area is 108 Å². The highest BCUT2D eigenvalue weighted by Crippen LogP contribution is 2.14. The molecule has 1 saturated heterocycles. The summed E-state index contributed by atoms with van der Waals surface area (Å²) in [6.07, 6.45) is 5.06. The van der Waals surface area contributed by atoms with Crippen LogP contribution in [-0.4, -0.2) is 51.5 Å². The van der Waals surface area contributed by atoms with E-state index in [2.05, 4.69) is 28.3 Å². The maximum Gasteiger partial charge on any atom is 0.0948 e. The quantitative estimate of drug-likeness (QED) is 0.846. The van der Waals surface area contributed by atoms with Crippen LogP contribution in [0.1, 0.15) is 26.0 Å². The number of ether oxygens (including phenoxy) is 1. The Morgan fingerprint density at radius 1 is 1.50 bits per heavy atom. The number of aliphatic hydroxyl groups excluding tert-OH is 1. The van der Waals surface area contributed by atoms with Gasteiger partial charge in [-0.2, -0.15) is 0 Å². The second kappa shape index (κ2) is 6.31. The smallest absolute Gasteiger partial charge is 0.0948 e. The zero-order chi connectivity index (χ0) is 13.0. The highest BCUT2D eigenvalue weighted by atomic mass is 16.5. The molecule has 0 bridgehead atoms. The molecule has 1 aromatic rings. The van der Waals surface area contributed by atoms with Gasteiger partial charge in [-0.15, -0.1) is 0 Å². The highest BCUT2D eigenvalue weighted by molar-refractivity contribution is 4.99. The Morgan fingerprint density at radius 3 is 3.06 bits per heavy atom. The lowest BCUT2D eigenvalue weighted by atomic mass is 10.2. The summed E-state index contributed by atoms with van der Waals surface area (Å²) in [5.74, 6) is 0. The Kier molecular flexibility index (Phi) is 4.74. The molecule has 1 aromatic heterocycles. The van der Waals surface area contributed by atoms with Crippen LogP contribution in [0, 0.1) is 0 Å². The fourth-order valence-corrected chi connectivity index (χ4v) is 2.52. The van der Waals surface area contributed by atoms with Crippen LogP contribution in [0.4, 0.5) is 0 Å². The van der Waals surface area contributed by atoms with Gasteiger partial charge in [0.05, 0.1) is 30.8 Å². The summed E-state index contributed by atoms with van der Waals surface area (Å²) in [6, 6.07) is 0. The number of rotatable bonds is 5. The standard InChI is InChI=1S/C13H23N3O2/c1-3-4-16-10-14-5-12(16)7-15-6-11(2)18-13(8-15)9-17/h5,10-11,13,17H,3-4,6-9H2,1-2H3. The summed E-state index contributed by atoms with van der Waals surface area (Å²) in [4.78, 5) is 6.55. The lowest BCUT2D eigenvalue weighted by Crippen LogP contribution is -2.47. The first kappa shape index (κ1) is 13.5. The van der Waals surface area contributed by atoms with E-state index in [0.29, 0.717) is 0 Å². The Bertz CT molecular complexity index is 367. The third-order valence-electron chi connectivity index (χ3n) is 3.25. The predicted octanol–water partition coefficient (Wildman–Crippen LogP) is 0.875. The van der Waals surface area contributed by atoms with Crippen LogP contribution in [0.5, 0.6) is 0 Å². The van der Waals surface area contributed by atoms with Gasteiger partial charge in [-0.1, -0.05) is 6.92 Å². The predicted molar refractivity (Wildman–Crippen MR) is 69.2 cm³/mol. The molecule has 2 unspecified atom stereocenters. The number of nitrogens with zero attached hydrogens (tertiary/aromatic N) is 3. The van der Waals surface area contributed by atoms with E-state index in [1.54, 1.807) is 0 Å². The molecule has 0 spiro atoms. The minimum atomic E-state index is -0.0590. The minimum Gasteiger partial charge on any atom is -0.394 e. The molecule has 2 atom stereocenters. The van der Waals surface area contributed by atoms with Crippen molar-refractivity contribution in [2.24, 2.45) is 0 Å². The molecule has 1 aliphatic rings. The first-order valence-electron chi connectivity index (χ1n) is 6.70. The van der Waals surface area contributed by atoms with E-state index >= 15 is 0 Å². The van der Waals surface area contributed by atoms with E-state index in [-0.39, 0.29) is 18.8 Å². The van der Waals surface area contributed by atoms with Crippen molar-refractivity contribution in [3.05, 3.63) is 18.2 Å². The minimum absolute atomic E-state index is 0.0590. The van der Waals surface area contributed by atoms with Crippen LogP contribution < -0.4 is 0 Å². The van der Waals surface area contributed by atoms with Crippen molar-refractivity contribution in [2.75, 3.05) is 19.7 Å². The second-order valence-electron chi connectivity index (χ2n) is 5.02.